The maximum absolute atomic E-state index is 13.5. The van der Waals surface area contributed by atoms with Crippen molar-refractivity contribution in [2.45, 2.75) is 64.5 Å². The summed E-state index contributed by atoms with van der Waals surface area (Å²) < 4.78 is 2.22. The van der Waals surface area contributed by atoms with Crippen LogP contribution in [0.15, 0.2) is 36.7 Å². The van der Waals surface area contributed by atoms with E-state index in [9.17, 15) is 14.7 Å². The fourth-order valence-corrected chi connectivity index (χ4v) is 6.07. The monoisotopic (exact) mass is 494 g/mol. The standard InChI is InChI=1S/C27H31ClN4O3/c1-27(2)16-31(23(33)12-17-5-8-19(9-6-17)26(34)35)15-21-24(27)20-4-3-11-29-25(20)32(21)14-18-7-10-22(28)30-13-18/h3-4,7,10-11,13,17,19H,5-6,8-9,12,14-16H2,1-2H3,(H,34,35). The lowest BCUT2D eigenvalue weighted by molar-refractivity contribution is -0.143. The van der Waals surface area contributed by atoms with E-state index in [4.69, 9.17) is 16.6 Å². The topological polar surface area (TPSA) is 88.3 Å². The van der Waals surface area contributed by atoms with Gasteiger partial charge in [-0.05, 0) is 60.9 Å². The molecular formula is C27H31ClN4O3. The second-order valence-electron chi connectivity index (χ2n) is 10.7. The van der Waals surface area contributed by atoms with Crippen molar-refractivity contribution in [2.24, 2.45) is 11.8 Å². The average Bonchev–Trinajstić information content (AvgIpc) is 3.15. The molecule has 1 saturated carbocycles. The van der Waals surface area contributed by atoms with Gasteiger partial charge in [-0.1, -0.05) is 31.5 Å². The third-order valence-electron chi connectivity index (χ3n) is 7.67. The molecule has 1 fully saturated rings. The van der Waals surface area contributed by atoms with Gasteiger partial charge in [0, 0.05) is 41.9 Å². The normalized spacial score (nSPS) is 21.6. The van der Waals surface area contributed by atoms with Gasteiger partial charge in [0.2, 0.25) is 5.91 Å². The summed E-state index contributed by atoms with van der Waals surface area (Å²) in [4.78, 5) is 35.7. The van der Waals surface area contributed by atoms with E-state index in [1.54, 1.807) is 12.3 Å². The highest BCUT2D eigenvalue weighted by atomic mass is 35.5. The lowest BCUT2D eigenvalue weighted by Crippen LogP contribution is -2.46. The molecule has 1 aliphatic heterocycles. The van der Waals surface area contributed by atoms with E-state index in [1.165, 1.54) is 5.56 Å². The van der Waals surface area contributed by atoms with Crippen molar-refractivity contribution < 1.29 is 14.7 Å². The van der Waals surface area contributed by atoms with Crippen LogP contribution in [0.1, 0.15) is 62.8 Å². The Balaban J connectivity index is 1.43. The molecule has 4 heterocycles. The zero-order chi connectivity index (χ0) is 24.7. The second kappa shape index (κ2) is 9.26. The number of aromatic nitrogens is 3. The van der Waals surface area contributed by atoms with Crippen LogP contribution < -0.4 is 0 Å². The second-order valence-corrected chi connectivity index (χ2v) is 11.1. The molecule has 0 radical (unpaired) electrons. The number of pyridine rings is 2. The molecule has 1 N–H and O–H groups in total. The first kappa shape index (κ1) is 23.8. The average molecular weight is 495 g/mol. The van der Waals surface area contributed by atoms with Gasteiger partial charge in [-0.2, -0.15) is 0 Å². The van der Waals surface area contributed by atoms with E-state index >= 15 is 0 Å². The Labute approximate surface area is 210 Å². The van der Waals surface area contributed by atoms with E-state index < -0.39 is 5.97 Å². The van der Waals surface area contributed by atoms with Crippen molar-refractivity contribution in [3.05, 3.63) is 58.6 Å². The molecular weight excluding hydrogens is 464 g/mol. The van der Waals surface area contributed by atoms with Gasteiger partial charge in [0.15, 0.2) is 0 Å². The summed E-state index contributed by atoms with van der Waals surface area (Å²) in [6.45, 7) is 6.19. The number of aliphatic carboxylic acids is 1. The lowest BCUT2D eigenvalue weighted by Gasteiger charge is -2.40. The molecule has 2 aliphatic rings. The molecule has 1 amide bonds. The zero-order valence-electron chi connectivity index (χ0n) is 20.2. The molecule has 0 atom stereocenters. The Hall–Kier alpha value is -2.93. The van der Waals surface area contributed by atoms with Gasteiger partial charge in [0.05, 0.1) is 19.0 Å². The minimum atomic E-state index is -0.711. The van der Waals surface area contributed by atoms with E-state index in [2.05, 4.69) is 29.5 Å². The summed E-state index contributed by atoms with van der Waals surface area (Å²) in [6, 6.07) is 7.86. The number of rotatable bonds is 5. The van der Waals surface area contributed by atoms with Crippen LogP contribution in [0.4, 0.5) is 0 Å². The quantitative estimate of drug-likeness (QED) is 0.502. The predicted octanol–water partition coefficient (Wildman–Crippen LogP) is 5.03. The highest BCUT2D eigenvalue weighted by Crippen LogP contribution is 2.41. The fourth-order valence-electron chi connectivity index (χ4n) is 5.96. The maximum Gasteiger partial charge on any atom is 0.306 e. The number of carbonyl (C=O) groups is 2. The number of amides is 1. The van der Waals surface area contributed by atoms with Crippen LogP contribution in [0.3, 0.4) is 0 Å². The number of nitrogens with zero attached hydrogens (tertiary/aromatic N) is 4. The molecule has 7 nitrogen and oxygen atoms in total. The summed E-state index contributed by atoms with van der Waals surface area (Å²) in [5, 5.41) is 10.9. The zero-order valence-corrected chi connectivity index (χ0v) is 21.0. The summed E-state index contributed by atoms with van der Waals surface area (Å²) >= 11 is 6.00. The molecule has 0 bridgehead atoms. The summed E-state index contributed by atoms with van der Waals surface area (Å²) in [7, 11) is 0. The molecule has 1 aliphatic carbocycles. The molecule has 5 rings (SSSR count). The van der Waals surface area contributed by atoms with Crippen molar-refractivity contribution in [3.8, 4) is 0 Å². The summed E-state index contributed by atoms with van der Waals surface area (Å²) in [5.41, 5.74) is 4.09. The third kappa shape index (κ3) is 4.66. The van der Waals surface area contributed by atoms with Crippen LogP contribution in [0.2, 0.25) is 5.15 Å². The number of hydrogen-bond acceptors (Lipinski definition) is 4. The van der Waals surface area contributed by atoms with Gasteiger partial charge < -0.3 is 14.6 Å². The molecule has 8 heteroatoms. The smallest absolute Gasteiger partial charge is 0.306 e. The Morgan fingerprint density at radius 1 is 1.14 bits per heavy atom. The van der Waals surface area contributed by atoms with Crippen LogP contribution in [0, 0.1) is 11.8 Å². The Morgan fingerprint density at radius 3 is 2.60 bits per heavy atom. The molecule has 35 heavy (non-hydrogen) atoms. The van der Waals surface area contributed by atoms with Crippen molar-refractivity contribution in [3.63, 3.8) is 0 Å². The summed E-state index contributed by atoms with van der Waals surface area (Å²) in [5.74, 6) is -0.559. The SMILES string of the molecule is CC1(C)CN(C(=O)CC2CCC(C(=O)O)CC2)Cc2c1c1cccnc1n2Cc1ccc(Cl)nc1. The van der Waals surface area contributed by atoms with Gasteiger partial charge in [0.25, 0.3) is 0 Å². The Morgan fingerprint density at radius 2 is 1.91 bits per heavy atom. The maximum atomic E-state index is 13.5. The first-order chi connectivity index (χ1) is 16.7. The van der Waals surface area contributed by atoms with Crippen LogP contribution in [0.5, 0.6) is 0 Å². The molecule has 184 valence electrons. The third-order valence-corrected chi connectivity index (χ3v) is 7.89. The van der Waals surface area contributed by atoms with Gasteiger partial charge in [-0.15, -0.1) is 0 Å². The predicted molar refractivity (Wildman–Crippen MR) is 134 cm³/mol. The van der Waals surface area contributed by atoms with E-state index in [-0.39, 0.29) is 23.2 Å². The Bertz CT molecular complexity index is 1260. The largest absolute Gasteiger partial charge is 0.481 e. The highest BCUT2D eigenvalue weighted by Gasteiger charge is 2.39. The first-order valence-corrected chi connectivity index (χ1v) is 12.7. The van der Waals surface area contributed by atoms with Crippen molar-refractivity contribution in [1.82, 2.24) is 19.4 Å². The summed E-state index contributed by atoms with van der Waals surface area (Å²) in [6.07, 6.45) is 7.02. The minimum Gasteiger partial charge on any atom is -0.481 e. The number of hydrogen-bond donors (Lipinski definition) is 1. The number of carboxylic acid groups (broad SMARTS) is 1. The molecule has 0 aromatic carbocycles. The molecule has 3 aromatic rings. The first-order valence-electron chi connectivity index (χ1n) is 12.3. The van der Waals surface area contributed by atoms with Gasteiger partial charge in [0.1, 0.15) is 10.8 Å². The number of carboxylic acids is 1. The number of halogens is 1. The number of fused-ring (bicyclic) bond motifs is 3. The van der Waals surface area contributed by atoms with Crippen LogP contribution in [-0.4, -0.2) is 43.0 Å². The van der Waals surface area contributed by atoms with E-state index in [0.29, 0.717) is 44.0 Å². The molecule has 0 unspecified atom stereocenters. The molecule has 0 saturated heterocycles. The molecule has 3 aromatic heterocycles. The lowest BCUT2D eigenvalue weighted by atomic mass is 9.78. The molecule has 0 spiro atoms. The van der Waals surface area contributed by atoms with Gasteiger partial charge in [-0.25, -0.2) is 9.97 Å². The van der Waals surface area contributed by atoms with Crippen LogP contribution >= 0.6 is 11.6 Å². The van der Waals surface area contributed by atoms with Crippen molar-refractivity contribution in [1.29, 1.82) is 0 Å². The fraction of sp³-hybridized carbons (Fsp3) is 0.481. The Kier molecular flexibility index (Phi) is 6.30. The van der Waals surface area contributed by atoms with Crippen molar-refractivity contribution >= 4 is 34.5 Å². The number of carbonyl (C=O) groups excluding carboxylic acids is 1. The van der Waals surface area contributed by atoms with E-state index in [1.807, 2.05) is 23.2 Å². The van der Waals surface area contributed by atoms with E-state index in [0.717, 1.165) is 35.1 Å². The van der Waals surface area contributed by atoms with Crippen molar-refractivity contribution in [2.75, 3.05) is 6.54 Å². The van der Waals surface area contributed by atoms with Crippen LogP contribution in [0.25, 0.3) is 11.0 Å². The van der Waals surface area contributed by atoms with Gasteiger partial charge >= 0.3 is 5.97 Å². The van der Waals surface area contributed by atoms with Crippen LogP contribution in [-0.2, 0) is 28.1 Å². The van der Waals surface area contributed by atoms with Gasteiger partial charge in [-0.3, -0.25) is 9.59 Å². The highest BCUT2D eigenvalue weighted by molar-refractivity contribution is 6.29. The minimum absolute atomic E-state index is 0.153.